The van der Waals surface area contributed by atoms with Crippen LogP contribution in [0.4, 0.5) is 0 Å². The van der Waals surface area contributed by atoms with Crippen LogP contribution in [0, 0.1) is 0 Å². The number of benzene rings is 2. The highest BCUT2D eigenvalue weighted by molar-refractivity contribution is 9.10. The molecule has 0 unspecified atom stereocenters. The first-order valence-corrected chi connectivity index (χ1v) is 9.17. The van der Waals surface area contributed by atoms with Gasteiger partial charge in [0, 0.05) is 4.47 Å². The van der Waals surface area contributed by atoms with Crippen LogP contribution in [-0.4, -0.2) is 8.42 Å². The molecule has 0 aliphatic rings. The molecule has 0 aliphatic carbocycles. The molecular formula is C17H18BrNO2S. The molecule has 3 nitrogen and oxygen atoms in total. The molecule has 5 heteroatoms. The maximum atomic E-state index is 12.6. The summed E-state index contributed by atoms with van der Waals surface area (Å²) in [6.45, 7) is 3.82. The van der Waals surface area contributed by atoms with Crippen LogP contribution in [0.2, 0.25) is 0 Å². The minimum Gasteiger partial charge on any atom is -0.207 e. The van der Waals surface area contributed by atoms with E-state index in [1.54, 1.807) is 24.3 Å². The lowest BCUT2D eigenvalue weighted by molar-refractivity contribution is 0.570. The molecule has 0 amide bonds. The van der Waals surface area contributed by atoms with E-state index in [2.05, 4.69) is 20.7 Å². The van der Waals surface area contributed by atoms with Crippen LogP contribution in [0.5, 0.6) is 0 Å². The molecule has 0 aromatic heterocycles. The fourth-order valence-corrected chi connectivity index (χ4v) is 3.60. The fourth-order valence-electron chi connectivity index (χ4n) is 2.07. The van der Waals surface area contributed by atoms with Crippen molar-refractivity contribution in [1.82, 2.24) is 4.72 Å². The second-order valence-corrected chi connectivity index (χ2v) is 7.58. The monoisotopic (exact) mass is 379 g/mol. The zero-order chi connectivity index (χ0) is 16.2. The van der Waals surface area contributed by atoms with Crippen LogP contribution in [0.15, 0.2) is 75.6 Å². The first-order valence-electron chi connectivity index (χ1n) is 6.89. The summed E-state index contributed by atoms with van der Waals surface area (Å²) in [5.74, 6) is 0. The number of allylic oxidation sites excluding steroid dienone is 1. The van der Waals surface area contributed by atoms with Crippen molar-refractivity contribution < 1.29 is 8.42 Å². The third kappa shape index (κ3) is 4.06. The molecule has 1 atom stereocenters. The molecule has 116 valence electrons. The van der Waals surface area contributed by atoms with Gasteiger partial charge in [-0.05, 0) is 43.7 Å². The Labute approximate surface area is 140 Å². The number of sulfonamides is 1. The molecule has 0 saturated heterocycles. The third-order valence-corrected chi connectivity index (χ3v) is 5.41. The van der Waals surface area contributed by atoms with Crippen LogP contribution in [0.25, 0.3) is 0 Å². The van der Waals surface area contributed by atoms with E-state index in [9.17, 15) is 8.42 Å². The summed E-state index contributed by atoms with van der Waals surface area (Å²) in [7, 11) is -3.59. The molecule has 0 heterocycles. The van der Waals surface area contributed by atoms with E-state index < -0.39 is 10.0 Å². The number of nitrogens with one attached hydrogen (secondary N) is 1. The second-order valence-electron chi connectivity index (χ2n) is 4.95. The van der Waals surface area contributed by atoms with Crippen molar-refractivity contribution >= 4 is 26.0 Å². The van der Waals surface area contributed by atoms with Crippen LogP contribution in [0.1, 0.15) is 25.5 Å². The minimum atomic E-state index is -3.59. The van der Waals surface area contributed by atoms with Crippen molar-refractivity contribution in [2.75, 3.05) is 0 Å². The molecule has 1 N–H and O–H groups in total. The smallest absolute Gasteiger partial charge is 0.207 e. The lowest BCUT2D eigenvalue weighted by atomic mass is 10.0. The molecule has 2 rings (SSSR count). The predicted octanol–water partition coefficient (Wildman–Crippen LogP) is 4.43. The SMILES string of the molecule is C/C=C(\C)[C@H](NS(=O)(=O)c1ccc(Br)cc1)c1ccccc1. The van der Waals surface area contributed by atoms with Crippen molar-refractivity contribution in [2.24, 2.45) is 0 Å². The maximum absolute atomic E-state index is 12.6. The van der Waals surface area contributed by atoms with Gasteiger partial charge >= 0.3 is 0 Å². The van der Waals surface area contributed by atoms with E-state index in [1.807, 2.05) is 50.3 Å². The van der Waals surface area contributed by atoms with Crippen LogP contribution in [-0.2, 0) is 10.0 Å². The Balaban J connectivity index is 2.37. The highest BCUT2D eigenvalue weighted by Gasteiger charge is 2.22. The number of rotatable bonds is 5. The number of halogens is 1. The van der Waals surface area contributed by atoms with E-state index in [4.69, 9.17) is 0 Å². The molecule has 2 aromatic carbocycles. The Morgan fingerprint density at radius 3 is 2.23 bits per heavy atom. The van der Waals surface area contributed by atoms with Crippen molar-refractivity contribution in [3.63, 3.8) is 0 Å². The van der Waals surface area contributed by atoms with Crippen LogP contribution in [0.3, 0.4) is 0 Å². The normalized spacial score (nSPS) is 13.9. The Morgan fingerprint density at radius 2 is 1.68 bits per heavy atom. The minimum absolute atomic E-state index is 0.250. The quantitative estimate of drug-likeness (QED) is 0.780. The van der Waals surface area contributed by atoms with E-state index in [-0.39, 0.29) is 10.9 Å². The molecule has 0 radical (unpaired) electrons. The Morgan fingerprint density at radius 1 is 1.09 bits per heavy atom. The summed E-state index contributed by atoms with van der Waals surface area (Å²) in [5, 5.41) is 0. The van der Waals surface area contributed by atoms with Crippen LogP contribution >= 0.6 is 15.9 Å². The Hall–Kier alpha value is -1.43. The van der Waals surface area contributed by atoms with Crippen molar-refractivity contribution in [3.05, 3.63) is 76.3 Å². The van der Waals surface area contributed by atoms with Gasteiger partial charge in [-0.1, -0.05) is 57.9 Å². The van der Waals surface area contributed by atoms with E-state index in [1.165, 1.54) is 0 Å². The van der Waals surface area contributed by atoms with Crippen molar-refractivity contribution in [1.29, 1.82) is 0 Å². The summed E-state index contributed by atoms with van der Waals surface area (Å²) in [6.07, 6.45) is 1.92. The standard InChI is InChI=1S/C17H18BrNO2S/c1-3-13(2)17(14-7-5-4-6-8-14)19-22(20,21)16-11-9-15(18)10-12-16/h3-12,17,19H,1-2H3/b13-3+/t17-/m0/s1. The molecule has 0 saturated carbocycles. The molecule has 0 fully saturated rings. The lowest BCUT2D eigenvalue weighted by Gasteiger charge is -2.20. The average Bonchev–Trinajstić information content (AvgIpc) is 2.53. The summed E-state index contributed by atoms with van der Waals surface area (Å²) in [5.41, 5.74) is 1.87. The molecule has 0 aliphatic heterocycles. The predicted molar refractivity (Wildman–Crippen MR) is 93.1 cm³/mol. The van der Waals surface area contributed by atoms with Crippen molar-refractivity contribution in [2.45, 2.75) is 24.8 Å². The van der Waals surface area contributed by atoms with Gasteiger partial charge in [0.2, 0.25) is 10.0 Å². The summed E-state index contributed by atoms with van der Waals surface area (Å²) < 4.78 is 28.8. The van der Waals surface area contributed by atoms with Gasteiger partial charge in [0.25, 0.3) is 0 Å². The second kappa shape index (κ2) is 7.22. The van der Waals surface area contributed by atoms with E-state index in [0.29, 0.717) is 0 Å². The topological polar surface area (TPSA) is 46.2 Å². The average molecular weight is 380 g/mol. The molecule has 0 spiro atoms. The first kappa shape index (κ1) is 16.9. The molecular weight excluding hydrogens is 362 g/mol. The Kier molecular flexibility index (Phi) is 5.56. The molecule has 22 heavy (non-hydrogen) atoms. The summed E-state index contributed by atoms with van der Waals surface area (Å²) >= 11 is 3.31. The van der Waals surface area contributed by atoms with Gasteiger partial charge < -0.3 is 0 Å². The van der Waals surface area contributed by atoms with Gasteiger partial charge in [0.15, 0.2) is 0 Å². The molecule has 2 aromatic rings. The Bertz CT molecular complexity index is 753. The van der Waals surface area contributed by atoms with E-state index in [0.717, 1.165) is 15.6 Å². The van der Waals surface area contributed by atoms with Gasteiger partial charge in [-0.25, -0.2) is 8.42 Å². The number of hydrogen-bond acceptors (Lipinski definition) is 2. The van der Waals surface area contributed by atoms with Gasteiger partial charge in [-0.15, -0.1) is 0 Å². The maximum Gasteiger partial charge on any atom is 0.241 e. The molecule has 0 bridgehead atoms. The lowest BCUT2D eigenvalue weighted by Crippen LogP contribution is -2.29. The summed E-state index contributed by atoms with van der Waals surface area (Å²) in [6, 6.07) is 15.8. The zero-order valence-corrected chi connectivity index (χ0v) is 14.9. The van der Waals surface area contributed by atoms with Crippen LogP contribution < -0.4 is 4.72 Å². The van der Waals surface area contributed by atoms with Crippen molar-refractivity contribution in [3.8, 4) is 0 Å². The largest absolute Gasteiger partial charge is 0.241 e. The van der Waals surface area contributed by atoms with Gasteiger partial charge in [-0.3, -0.25) is 0 Å². The van der Waals surface area contributed by atoms with E-state index >= 15 is 0 Å². The van der Waals surface area contributed by atoms with Gasteiger partial charge in [0.05, 0.1) is 10.9 Å². The fraction of sp³-hybridized carbons (Fsp3) is 0.176. The highest BCUT2D eigenvalue weighted by atomic mass is 79.9. The highest BCUT2D eigenvalue weighted by Crippen LogP contribution is 2.24. The van der Waals surface area contributed by atoms with Gasteiger partial charge in [-0.2, -0.15) is 4.72 Å². The van der Waals surface area contributed by atoms with Gasteiger partial charge in [0.1, 0.15) is 0 Å². The zero-order valence-electron chi connectivity index (χ0n) is 12.5. The third-order valence-electron chi connectivity index (χ3n) is 3.44. The summed E-state index contributed by atoms with van der Waals surface area (Å²) in [4.78, 5) is 0.250. The first-order chi connectivity index (χ1) is 10.4. The number of hydrogen-bond donors (Lipinski definition) is 1.